The first-order chi connectivity index (χ1) is 11.2. The first-order valence-electron chi connectivity index (χ1n) is 8.63. The van der Waals surface area contributed by atoms with E-state index in [0.717, 1.165) is 45.4 Å². The number of nitrogens with zero attached hydrogens (tertiary/aromatic N) is 2. The van der Waals surface area contributed by atoms with Gasteiger partial charge in [-0.25, -0.2) is 4.99 Å². The molecular weight excluding hydrogens is 288 g/mol. The Kier molecular flexibility index (Phi) is 7.20. The lowest BCUT2D eigenvalue weighted by molar-refractivity contribution is 0.122. The number of guanidine groups is 1. The van der Waals surface area contributed by atoms with Crippen LogP contribution < -0.4 is 15.5 Å². The third-order valence-electron chi connectivity index (χ3n) is 3.75. The maximum absolute atomic E-state index is 5.40. The molecule has 5 nitrogen and oxygen atoms in total. The van der Waals surface area contributed by atoms with Crippen LogP contribution in [0.25, 0.3) is 0 Å². The zero-order valence-corrected chi connectivity index (χ0v) is 14.6. The van der Waals surface area contributed by atoms with Gasteiger partial charge in [0.25, 0.3) is 0 Å². The SMILES string of the molecule is CCNC(=NCc1ccc(N2CCOCC2)cc1)NCC(C)C. The summed E-state index contributed by atoms with van der Waals surface area (Å²) in [7, 11) is 0. The molecule has 1 aliphatic rings. The zero-order valence-electron chi connectivity index (χ0n) is 14.6. The van der Waals surface area contributed by atoms with Crippen LogP contribution >= 0.6 is 0 Å². The third kappa shape index (κ3) is 6.10. The molecule has 5 heteroatoms. The normalized spacial score (nSPS) is 15.8. The minimum Gasteiger partial charge on any atom is -0.378 e. The van der Waals surface area contributed by atoms with Crippen LogP contribution in [-0.4, -0.2) is 45.4 Å². The summed E-state index contributed by atoms with van der Waals surface area (Å²) in [5.41, 5.74) is 2.50. The molecule has 1 aliphatic heterocycles. The summed E-state index contributed by atoms with van der Waals surface area (Å²) in [6.45, 7) is 12.6. The fourth-order valence-corrected chi connectivity index (χ4v) is 2.45. The summed E-state index contributed by atoms with van der Waals surface area (Å²) < 4.78 is 5.40. The van der Waals surface area contributed by atoms with Gasteiger partial charge < -0.3 is 20.3 Å². The summed E-state index contributed by atoms with van der Waals surface area (Å²) in [6, 6.07) is 8.70. The van der Waals surface area contributed by atoms with Gasteiger partial charge in [-0.1, -0.05) is 26.0 Å². The minimum absolute atomic E-state index is 0.603. The Morgan fingerprint density at radius 2 is 1.87 bits per heavy atom. The molecule has 1 fully saturated rings. The number of benzene rings is 1. The van der Waals surface area contributed by atoms with Gasteiger partial charge in [0, 0.05) is 31.9 Å². The fraction of sp³-hybridized carbons (Fsp3) is 0.611. The standard InChI is InChI=1S/C18H30N4O/c1-4-19-18(20-13-15(2)3)21-14-16-5-7-17(8-6-16)22-9-11-23-12-10-22/h5-8,15H,4,9-14H2,1-3H3,(H2,19,20,21). The van der Waals surface area contributed by atoms with Crippen molar-refractivity contribution in [3.63, 3.8) is 0 Å². The third-order valence-corrected chi connectivity index (χ3v) is 3.75. The number of aliphatic imine (C=N–C) groups is 1. The van der Waals surface area contributed by atoms with Gasteiger partial charge in [-0.15, -0.1) is 0 Å². The van der Waals surface area contributed by atoms with Crippen LogP contribution in [0.4, 0.5) is 5.69 Å². The van der Waals surface area contributed by atoms with E-state index >= 15 is 0 Å². The second-order valence-corrected chi connectivity index (χ2v) is 6.24. The van der Waals surface area contributed by atoms with E-state index in [9.17, 15) is 0 Å². The molecule has 0 aromatic heterocycles. The zero-order chi connectivity index (χ0) is 16.5. The highest BCUT2D eigenvalue weighted by Gasteiger charge is 2.10. The topological polar surface area (TPSA) is 48.9 Å². The smallest absolute Gasteiger partial charge is 0.191 e. The van der Waals surface area contributed by atoms with Crippen LogP contribution in [0.3, 0.4) is 0 Å². The average Bonchev–Trinajstić information content (AvgIpc) is 2.58. The second kappa shape index (κ2) is 9.40. The molecule has 0 bridgehead atoms. The van der Waals surface area contributed by atoms with Crippen molar-refractivity contribution in [2.45, 2.75) is 27.3 Å². The number of hydrogen-bond acceptors (Lipinski definition) is 3. The average molecular weight is 318 g/mol. The van der Waals surface area contributed by atoms with Crippen LogP contribution in [0.2, 0.25) is 0 Å². The van der Waals surface area contributed by atoms with Crippen molar-refractivity contribution in [2.75, 3.05) is 44.3 Å². The summed E-state index contributed by atoms with van der Waals surface area (Å²) in [5, 5.41) is 6.66. The quantitative estimate of drug-likeness (QED) is 0.624. The van der Waals surface area contributed by atoms with Crippen molar-refractivity contribution in [2.24, 2.45) is 10.9 Å². The molecule has 23 heavy (non-hydrogen) atoms. The van der Waals surface area contributed by atoms with E-state index in [2.05, 4.69) is 65.6 Å². The van der Waals surface area contributed by atoms with Gasteiger partial charge in [-0.05, 0) is 30.5 Å². The Balaban J connectivity index is 1.91. The van der Waals surface area contributed by atoms with Crippen molar-refractivity contribution in [1.29, 1.82) is 0 Å². The monoisotopic (exact) mass is 318 g/mol. The molecule has 0 saturated carbocycles. The molecular formula is C18H30N4O. The molecule has 0 atom stereocenters. The Labute approximate surface area is 140 Å². The predicted molar refractivity (Wildman–Crippen MR) is 97.1 cm³/mol. The van der Waals surface area contributed by atoms with Gasteiger partial charge in [0.05, 0.1) is 19.8 Å². The Morgan fingerprint density at radius 1 is 1.17 bits per heavy atom. The summed E-state index contributed by atoms with van der Waals surface area (Å²) in [5.74, 6) is 1.49. The molecule has 0 radical (unpaired) electrons. The van der Waals surface area contributed by atoms with E-state index in [4.69, 9.17) is 4.74 Å². The number of hydrogen-bond donors (Lipinski definition) is 2. The Morgan fingerprint density at radius 3 is 2.48 bits per heavy atom. The molecule has 0 aliphatic carbocycles. The molecule has 1 heterocycles. The summed E-state index contributed by atoms with van der Waals surface area (Å²) in [4.78, 5) is 7.02. The van der Waals surface area contributed by atoms with Crippen molar-refractivity contribution >= 4 is 11.6 Å². The lowest BCUT2D eigenvalue weighted by Crippen LogP contribution is -2.39. The highest BCUT2D eigenvalue weighted by Crippen LogP contribution is 2.17. The lowest BCUT2D eigenvalue weighted by Gasteiger charge is -2.28. The number of rotatable bonds is 6. The Bertz CT molecular complexity index is 478. The van der Waals surface area contributed by atoms with Crippen LogP contribution in [-0.2, 0) is 11.3 Å². The van der Waals surface area contributed by atoms with Crippen molar-refractivity contribution < 1.29 is 4.74 Å². The summed E-state index contributed by atoms with van der Waals surface area (Å²) >= 11 is 0. The van der Waals surface area contributed by atoms with Crippen molar-refractivity contribution in [3.05, 3.63) is 29.8 Å². The predicted octanol–water partition coefficient (Wildman–Crippen LogP) is 2.23. The minimum atomic E-state index is 0.603. The first-order valence-corrected chi connectivity index (χ1v) is 8.63. The van der Waals surface area contributed by atoms with Gasteiger partial charge in [0.1, 0.15) is 0 Å². The molecule has 1 aromatic carbocycles. The van der Waals surface area contributed by atoms with E-state index in [-0.39, 0.29) is 0 Å². The van der Waals surface area contributed by atoms with Gasteiger partial charge in [-0.3, -0.25) is 0 Å². The van der Waals surface area contributed by atoms with Gasteiger partial charge in [0.2, 0.25) is 0 Å². The second-order valence-electron chi connectivity index (χ2n) is 6.24. The Hall–Kier alpha value is -1.75. The number of anilines is 1. The van der Waals surface area contributed by atoms with Gasteiger partial charge >= 0.3 is 0 Å². The molecule has 128 valence electrons. The van der Waals surface area contributed by atoms with Crippen LogP contribution in [0.15, 0.2) is 29.3 Å². The van der Waals surface area contributed by atoms with E-state index < -0.39 is 0 Å². The van der Waals surface area contributed by atoms with Crippen LogP contribution in [0.5, 0.6) is 0 Å². The number of nitrogens with one attached hydrogen (secondary N) is 2. The lowest BCUT2D eigenvalue weighted by atomic mass is 10.2. The summed E-state index contributed by atoms with van der Waals surface area (Å²) in [6.07, 6.45) is 0. The molecule has 2 rings (SSSR count). The molecule has 2 N–H and O–H groups in total. The maximum atomic E-state index is 5.40. The van der Waals surface area contributed by atoms with Crippen LogP contribution in [0.1, 0.15) is 26.3 Å². The van der Waals surface area contributed by atoms with E-state index in [1.807, 2.05) is 0 Å². The molecule has 1 saturated heterocycles. The molecule has 1 aromatic rings. The van der Waals surface area contributed by atoms with Crippen molar-refractivity contribution in [1.82, 2.24) is 10.6 Å². The molecule has 0 spiro atoms. The first kappa shape index (κ1) is 17.6. The van der Waals surface area contributed by atoms with E-state index in [1.165, 1.54) is 11.3 Å². The largest absolute Gasteiger partial charge is 0.378 e. The van der Waals surface area contributed by atoms with E-state index in [0.29, 0.717) is 12.5 Å². The molecule has 0 amide bonds. The van der Waals surface area contributed by atoms with Crippen LogP contribution in [0, 0.1) is 5.92 Å². The van der Waals surface area contributed by atoms with Gasteiger partial charge in [-0.2, -0.15) is 0 Å². The van der Waals surface area contributed by atoms with E-state index in [1.54, 1.807) is 0 Å². The van der Waals surface area contributed by atoms with Crippen molar-refractivity contribution in [3.8, 4) is 0 Å². The highest BCUT2D eigenvalue weighted by molar-refractivity contribution is 5.79. The number of morpholine rings is 1. The maximum Gasteiger partial charge on any atom is 0.191 e. The number of ether oxygens (including phenoxy) is 1. The molecule has 0 unspecified atom stereocenters. The fourth-order valence-electron chi connectivity index (χ4n) is 2.45. The van der Waals surface area contributed by atoms with Gasteiger partial charge in [0.15, 0.2) is 5.96 Å². The highest BCUT2D eigenvalue weighted by atomic mass is 16.5.